The summed E-state index contributed by atoms with van der Waals surface area (Å²) in [6.07, 6.45) is 0. The van der Waals surface area contributed by atoms with Crippen LogP contribution in [0, 0.1) is 0 Å². The first-order valence-corrected chi connectivity index (χ1v) is 6.90. The smallest absolute Gasteiger partial charge is 0.237 e. The molecule has 1 aromatic rings. The van der Waals surface area contributed by atoms with Crippen LogP contribution in [-0.4, -0.2) is 17.5 Å². The molecule has 0 saturated heterocycles. The Kier molecular flexibility index (Phi) is 5.39. The lowest BCUT2D eigenvalue weighted by Crippen LogP contribution is -2.49. The molecule has 1 aromatic carbocycles. The second-order valence-corrected chi connectivity index (χ2v) is 6.34. The van der Waals surface area contributed by atoms with Gasteiger partial charge in [-0.05, 0) is 52.3 Å². The van der Waals surface area contributed by atoms with E-state index in [9.17, 15) is 4.79 Å². The number of benzene rings is 1. The zero-order chi connectivity index (χ0) is 14.6. The predicted molar refractivity (Wildman–Crippen MR) is 80.4 cm³/mol. The summed E-state index contributed by atoms with van der Waals surface area (Å²) in [6.45, 7) is 9.82. The van der Waals surface area contributed by atoms with Crippen molar-refractivity contribution in [1.82, 2.24) is 10.6 Å². The van der Waals surface area contributed by atoms with Crippen LogP contribution in [-0.2, 0) is 4.79 Å². The van der Waals surface area contributed by atoms with Gasteiger partial charge in [0.25, 0.3) is 0 Å². The Morgan fingerprint density at radius 3 is 2.16 bits per heavy atom. The van der Waals surface area contributed by atoms with Crippen LogP contribution in [0.15, 0.2) is 24.3 Å². The van der Waals surface area contributed by atoms with Crippen molar-refractivity contribution in [3.63, 3.8) is 0 Å². The van der Waals surface area contributed by atoms with Crippen molar-refractivity contribution in [1.29, 1.82) is 0 Å². The highest BCUT2D eigenvalue weighted by Crippen LogP contribution is 2.16. The molecular formula is C15H23ClN2O. The lowest BCUT2D eigenvalue weighted by molar-refractivity contribution is -0.124. The molecule has 0 fully saturated rings. The Hall–Kier alpha value is -1.06. The maximum Gasteiger partial charge on any atom is 0.237 e. The van der Waals surface area contributed by atoms with Gasteiger partial charge in [0, 0.05) is 16.6 Å². The van der Waals surface area contributed by atoms with Gasteiger partial charge in [-0.15, -0.1) is 0 Å². The minimum absolute atomic E-state index is 0.00770. The molecule has 1 amide bonds. The van der Waals surface area contributed by atoms with Gasteiger partial charge in [0.1, 0.15) is 0 Å². The van der Waals surface area contributed by atoms with E-state index < -0.39 is 0 Å². The van der Waals surface area contributed by atoms with Crippen molar-refractivity contribution in [2.24, 2.45) is 0 Å². The first kappa shape index (κ1) is 16.0. The third-order valence-electron chi connectivity index (χ3n) is 2.76. The Morgan fingerprint density at radius 1 is 1.16 bits per heavy atom. The summed E-state index contributed by atoms with van der Waals surface area (Å²) >= 11 is 5.86. The monoisotopic (exact) mass is 282 g/mol. The van der Waals surface area contributed by atoms with Crippen molar-refractivity contribution in [2.45, 2.75) is 52.2 Å². The Labute approximate surface area is 120 Å². The van der Waals surface area contributed by atoms with Crippen LogP contribution >= 0.6 is 11.6 Å². The summed E-state index contributed by atoms with van der Waals surface area (Å²) in [4.78, 5) is 12.0. The number of carbonyl (C=O) groups excluding carboxylic acids is 1. The largest absolute Gasteiger partial charge is 0.350 e. The summed E-state index contributed by atoms with van der Waals surface area (Å²) in [5, 5.41) is 6.96. The van der Waals surface area contributed by atoms with Crippen LogP contribution in [0.1, 0.15) is 46.2 Å². The van der Waals surface area contributed by atoms with E-state index in [1.165, 1.54) is 0 Å². The van der Waals surface area contributed by atoms with Crippen molar-refractivity contribution in [3.05, 3.63) is 34.9 Å². The molecule has 1 unspecified atom stereocenters. The van der Waals surface area contributed by atoms with E-state index >= 15 is 0 Å². The third-order valence-corrected chi connectivity index (χ3v) is 3.01. The second kappa shape index (κ2) is 6.40. The number of halogens is 1. The minimum atomic E-state index is -0.245. The highest BCUT2D eigenvalue weighted by atomic mass is 35.5. The Bertz CT molecular complexity index is 423. The zero-order valence-electron chi connectivity index (χ0n) is 12.3. The van der Waals surface area contributed by atoms with Crippen LogP contribution in [0.25, 0.3) is 0 Å². The van der Waals surface area contributed by atoms with Gasteiger partial charge in [-0.25, -0.2) is 0 Å². The molecule has 3 nitrogen and oxygen atoms in total. The molecule has 19 heavy (non-hydrogen) atoms. The molecule has 0 saturated carbocycles. The summed E-state index contributed by atoms with van der Waals surface area (Å²) in [5.41, 5.74) is 0.899. The van der Waals surface area contributed by atoms with Crippen LogP contribution in [0.3, 0.4) is 0 Å². The Balaban J connectivity index is 2.59. The van der Waals surface area contributed by atoms with E-state index in [-0.39, 0.29) is 23.5 Å². The van der Waals surface area contributed by atoms with Gasteiger partial charge in [-0.3, -0.25) is 10.1 Å². The lowest BCUT2D eigenvalue weighted by Gasteiger charge is -2.25. The number of hydrogen-bond donors (Lipinski definition) is 2. The summed E-state index contributed by atoms with van der Waals surface area (Å²) in [7, 11) is 0. The van der Waals surface area contributed by atoms with Gasteiger partial charge in [-0.2, -0.15) is 0 Å². The number of nitrogens with one attached hydrogen (secondary N) is 2. The molecule has 0 bridgehead atoms. The van der Waals surface area contributed by atoms with Crippen molar-refractivity contribution >= 4 is 17.5 Å². The quantitative estimate of drug-likeness (QED) is 0.890. The van der Waals surface area contributed by atoms with Crippen molar-refractivity contribution in [3.8, 4) is 0 Å². The van der Waals surface area contributed by atoms with Crippen LogP contribution in [0.5, 0.6) is 0 Å². The third kappa shape index (κ3) is 5.62. The van der Waals surface area contributed by atoms with Gasteiger partial charge in [0.05, 0.1) is 6.04 Å². The molecule has 2 atom stereocenters. The Morgan fingerprint density at radius 2 is 1.68 bits per heavy atom. The molecule has 0 aliphatic rings. The number of carbonyl (C=O) groups is 1. The lowest BCUT2D eigenvalue weighted by atomic mass is 10.1. The summed E-state index contributed by atoms with van der Waals surface area (Å²) < 4.78 is 0. The molecule has 0 aliphatic heterocycles. The van der Waals surface area contributed by atoms with Gasteiger partial charge in [0.2, 0.25) is 5.91 Å². The molecule has 106 valence electrons. The molecule has 0 spiro atoms. The fourth-order valence-corrected chi connectivity index (χ4v) is 1.90. The van der Waals surface area contributed by atoms with Crippen LogP contribution < -0.4 is 10.6 Å². The molecule has 4 heteroatoms. The molecular weight excluding hydrogens is 260 g/mol. The summed E-state index contributed by atoms with van der Waals surface area (Å²) in [6, 6.07) is 7.50. The SMILES string of the molecule is CC(N[C@@H](C)c1ccc(Cl)cc1)C(=O)NC(C)(C)C. The molecule has 0 aliphatic carbocycles. The van der Waals surface area contributed by atoms with E-state index in [4.69, 9.17) is 11.6 Å². The fraction of sp³-hybridized carbons (Fsp3) is 0.533. The molecule has 0 aromatic heterocycles. The topological polar surface area (TPSA) is 41.1 Å². The van der Waals surface area contributed by atoms with Gasteiger partial charge < -0.3 is 5.32 Å². The molecule has 0 radical (unpaired) electrons. The highest BCUT2D eigenvalue weighted by molar-refractivity contribution is 6.30. The first-order valence-electron chi connectivity index (χ1n) is 6.52. The van der Waals surface area contributed by atoms with Crippen LogP contribution in [0.2, 0.25) is 5.02 Å². The fourth-order valence-electron chi connectivity index (χ4n) is 1.78. The molecule has 1 rings (SSSR count). The standard InChI is InChI=1S/C15H23ClN2O/c1-10(12-6-8-13(16)9-7-12)17-11(2)14(19)18-15(3,4)5/h6-11,17H,1-5H3,(H,18,19)/t10-,11?/m0/s1. The molecule has 0 heterocycles. The van der Waals surface area contributed by atoms with E-state index in [0.717, 1.165) is 10.6 Å². The number of amides is 1. The van der Waals surface area contributed by atoms with Crippen molar-refractivity contribution < 1.29 is 4.79 Å². The minimum Gasteiger partial charge on any atom is -0.350 e. The second-order valence-electron chi connectivity index (χ2n) is 5.90. The van der Waals surface area contributed by atoms with Gasteiger partial charge >= 0.3 is 0 Å². The van der Waals surface area contributed by atoms with Crippen LogP contribution in [0.4, 0.5) is 0 Å². The number of hydrogen-bond acceptors (Lipinski definition) is 2. The maximum absolute atomic E-state index is 12.0. The van der Waals surface area contributed by atoms with Gasteiger partial charge in [0.15, 0.2) is 0 Å². The van der Waals surface area contributed by atoms with Gasteiger partial charge in [-0.1, -0.05) is 23.7 Å². The predicted octanol–water partition coefficient (Wildman–Crippen LogP) is 3.29. The normalized spacial score (nSPS) is 14.8. The zero-order valence-corrected chi connectivity index (χ0v) is 13.0. The highest BCUT2D eigenvalue weighted by Gasteiger charge is 2.20. The average molecular weight is 283 g/mol. The maximum atomic E-state index is 12.0. The first-order chi connectivity index (χ1) is 8.69. The summed E-state index contributed by atoms with van der Waals surface area (Å²) in [5.74, 6) is 0.00770. The van der Waals surface area contributed by atoms with E-state index in [2.05, 4.69) is 10.6 Å². The van der Waals surface area contributed by atoms with E-state index in [0.29, 0.717) is 0 Å². The van der Waals surface area contributed by atoms with E-state index in [1.54, 1.807) is 0 Å². The average Bonchev–Trinajstić information content (AvgIpc) is 2.27. The number of rotatable bonds is 4. The van der Waals surface area contributed by atoms with E-state index in [1.807, 2.05) is 58.9 Å². The molecule has 2 N–H and O–H groups in total. The van der Waals surface area contributed by atoms with Crippen molar-refractivity contribution in [2.75, 3.05) is 0 Å².